The number of hydrogen-bond donors (Lipinski definition) is 1. The topological polar surface area (TPSA) is 55.6 Å². The maximum Gasteiger partial charge on any atom is 0.411 e. The number of likely N-dealkylation sites (N-methyl/N-ethyl adjacent to an activating group) is 1. The zero-order chi connectivity index (χ0) is 11.9. The van der Waals surface area contributed by atoms with Crippen LogP contribution in [0.15, 0.2) is 0 Å². The highest BCUT2D eigenvalue weighted by molar-refractivity contribution is 5.77. The zero-order valence-electron chi connectivity index (χ0n) is 8.51. The van der Waals surface area contributed by atoms with Gasteiger partial charge in [0.05, 0.1) is 0 Å². The van der Waals surface area contributed by atoms with Crippen molar-refractivity contribution < 1.29 is 22.7 Å². The molecule has 0 aliphatic rings. The van der Waals surface area contributed by atoms with Crippen LogP contribution in [0.25, 0.3) is 0 Å². The molecule has 7 heteroatoms. The van der Waals surface area contributed by atoms with Gasteiger partial charge >= 0.3 is 6.18 Å². The summed E-state index contributed by atoms with van der Waals surface area (Å²) in [5.41, 5.74) is 5.23. The Morgan fingerprint density at radius 3 is 2.47 bits per heavy atom. The van der Waals surface area contributed by atoms with E-state index in [1.807, 2.05) is 0 Å². The lowest BCUT2D eigenvalue weighted by Crippen LogP contribution is -2.38. The Morgan fingerprint density at radius 2 is 2.07 bits per heavy atom. The van der Waals surface area contributed by atoms with Gasteiger partial charge < -0.3 is 15.4 Å². The first-order chi connectivity index (χ1) is 6.90. The Bertz CT molecular complexity index is 197. The van der Waals surface area contributed by atoms with E-state index in [0.717, 1.165) is 0 Å². The van der Waals surface area contributed by atoms with Crippen LogP contribution >= 0.6 is 0 Å². The third-order valence-electron chi connectivity index (χ3n) is 1.62. The number of hydrogen-bond acceptors (Lipinski definition) is 3. The Balaban J connectivity index is 3.81. The molecule has 0 aliphatic heterocycles. The molecular formula is C8H15F3N2O2. The average molecular weight is 228 g/mol. The number of carbonyl (C=O) groups excluding carboxylic acids is 1. The fourth-order valence-corrected chi connectivity index (χ4v) is 0.960. The van der Waals surface area contributed by atoms with Gasteiger partial charge in [-0.15, -0.1) is 0 Å². The maximum atomic E-state index is 11.7. The summed E-state index contributed by atoms with van der Waals surface area (Å²) < 4.78 is 39.2. The van der Waals surface area contributed by atoms with Crippen LogP contribution in [0.5, 0.6) is 0 Å². The van der Waals surface area contributed by atoms with E-state index in [1.165, 1.54) is 4.90 Å². The summed E-state index contributed by atoms with van der Waals surface area (Å²) >= 11 is 0. The zero-order valence-corrected chi connectivity index (χ0v) is 8.51. The van der Waals surface area contributed by atoms with Gasteiger partial charge in [-0.2, -0.15) is 13.2 Å². The fourth-order valence-electron chi connectivity index (χ4n) is 0.960. The molecule has 0 unspecified atom stereocenters. The molecule has 90 valence electrons. The van der Waals surface area contributed by atoms with E-state index in [0.29, 0.717) is 13.1 Å². The summed E-state index contributed by atoms with van der Waals surface area (Å²) in [6.07, 6.45) is -4.40. The second-order valence-electron chi connectivity index (χ2n) is 2.87. The van der Waals surface area contributed by atoms with Gasteiger partial charge in [-0.1, -0.05) is 0 Å². The largest absolute Gasteiger partial charge is 0.411 e. The van der Waals surface area contributed by atoms with Gasteiger partial charge in [0.25, 0.3) is 0 Å². The monoisotopic (exact) mass is 228 g/mol. The van der Waals surface area contributed by atoms with E-state index in [1.54, 1.807) is 6.92 Å². The summed E-state index contributed by atoms with van der Waals surface area (Å²) in [5, 5.41) is 0. The van der Waals surface area contributed by atoms with Crippen LogP contribution in [0.3, 0.4) is 0 Å². The molecule has 0 aromatic heterocycles. The summed E-state index contributed by atoms with van der Waals surface area (Å²) in [7, 11) is 0. The molecule has 0 aromatic rings. The molecule has 0 atom stereocenters. The fraction of sp³-hybridized carbons (Fsp3) is 0.875. The van der Waals surface area contributed by atoms with Crippen molar-refractivity contribution in [3.63, 3.8) is 0 Å². The van der Waals surface area contributed by atoms with Crippen LogP contribution in [0, 0.1) is 0 Å². The molecule has 0 fully saturated rings. The average Bonchev–Trinajstić information content (AvgIpc) is 2.11. The molecular weight excluding hydrogens is 213 g/mol. The predicted molar refractivity (Wildman–Crippen MR) is 48.2 cm³/mol. The molecule has 0 saturated heterocycles. The van der Waals surface area contributed by atoms with E-state index in [-0.39, 0.29) is 6.54 Å². The van der Waals surface area contributed by atoms with Crippen LogP contribution in [0.2, 0.25) is 0 Å². The quantitative estimate of drug-likeness (QED) is 0.714. The van der Waals surface area contributed by atoms with Crippen molar-refractivity contribution in [2.24, 2.45) is 5.73 Å². The van der Waals surface area contributed by atoms with E-state index in [2.05, 4.69) is 4.74 Å². The van der Waals surface area contributed by atoms with Crippen LogP contribution in [-0.2, 0) is 9.53 Å². The van der Waals surface area contributed by atoms with Crippen molar-refractivity contribution in [3.8, 4) is 0 Å². The number of ether oxygens (including phenoxy) is 1. The minimum Gasteiger partial charge on any atom is -0.362 e. The normalized spacial score (nSPS) is 11.5. The number of alkyl halides is 3. The van der Waals surface area contributed by atoms with Crippen molar-refractivity contribution in [1.29, 1.82) is 0 Å². The highest BCUT2D eigenvalue weighted by atomic mass is 19.4. The molecule has 4 nitrogen and oxygen atoms in total. The number of nitrogens with zero attached hydrogens (tertiary/aromatic N) is 1. The molecule has 0 aromatic carbocycles. The molecule has 0 rings (SSSR count). The van der Waals surface area contributed by atoms with Crippen LogP contribution in [0.1, 0.15) is 6.92 Å². The van der Waals surface area contributed by atoms with E-state index >= 15 is 0 Å². The van der Waals surface area contributed by atoms with Crippen molar-refractivity contribution in [1.82, 2.24) is 4.90 Å². The van der Waals surface area contributed by atoms with Crippen molar-refractivity contribution in [2.75, 3.05) is 32.8 Å². The number of rotatable bonds is 6. The van der Waals surface area contributed by atoms with Gasteiger partial charge in [0, 0.05) is 19.6 Å². The smallest absolute Gasteiger partial charge is 0.362 e. The minimum absolute atomic E-state index is 0.277. The van der Waals surface area contributed by atoms with Gasteiger partial charge in [0.15, 0.2) is 0 Å². The lowest BCUT2D eigenvalue weighted by atomic mass is 10.4. The Morgan fingerprint density at radius 1 is 1.47 bits per heavy atom. The minimum atomic E-state index is -4.40. The third kappa shape index (κ3) is 7.15. The second-order valence-corrected chi connectivity index (χ2v) is 2.87. The lowest BCUT2D eigenvalue weighted by Gasteiger charge is -2.19. The van der Waals surface area contributed by atoms with Crippen molar-refractivity contribution >= 4 is 5.91 Å². The molecule has 0 bridgehead atoms. The maximum absolute atomic E-state index is 11.7. The number of amides is 1. The summed E-state index contributed by atoms with van der Waals surface area (Å²) in [6, 6.07) is 0. The molecule has 0 radical (unpaired) electrons. The van der Waals surface area contributed by atoms with E-state index in [9.17, 15) is 18.0 Å². The van der Waals surface area contributed by atoms with Gasteiger partial charge in [0.1, 0.15) is 13.2 Å². The van der Waals surface area contributed by atoms with Gasteiger partial charge in [-0.25, -0.2) is 0 Å². The van der Waals surface area contributed by atoms with E-state index < -0.39 is 25.3 Å². The highest BCUT2D eigenvalue weighted by Gasteiger charge is 2.28. The molecule has 0 spiro atoms. The third-order valence-corrected chi connectivity index (χ3v) is 1.62. The van der Waals surface area contributed by atoms with Gasteiger partial charge in [-0.05, 0) is 6.92 Å². The van der Waals surface area contributed by atoms with Crippen molar-refractivity contribution in [2.45, 2.75) is 13.1 Å². The van der Waals surface area contributed by atoms with Crippen molar-refractivity contribution in [3.05, 3.63) is 0 Å². The Kier molecular flexibility index (Phi) is 6.26. The second kappa shape index (κ2) is 6.62. The summed E-state index contributed by atoms with van der Waals surface area (Å²) in [4.78, 5) is 12.6. The SMILES string of the molecule is CCN(CCN)C(=O)COCC(F)(F)F. The Labute approximate surface area is 86.2 Å². The van der Waals surface area contributed by atoms with Crippen LogP contribution in [0.4, 0.5) is 13.2 Å². The first-order valence-electron chi connectivity index (χ1n) is 4.53. The lowest BCUT2D eigenvalue weighted by molar-refractivity contribution is -0.177. The molecule has 15 heavy (non-hydrogen) atoms. The first-order valence-corrected chi connectivity index (χ1v) is 4.53. The Hall–Kier alpha value is -0.820. The molecule has 0 aliphatic carbocycles. The first kappa shape index (κ1) is 14.2. The predicted octanol–water partition coefficient (Wildman–Crippen LogP) is 0.372. The molecule has 2 N–H and O–H groups in total. The molecule has 0 heterocycles. The van der Waals surface area contributed by atoms with Crippen LogP contribution in [-0.4, -0.2) is 49.8 Å². The van der Waals surface area contributed by atoms with E-state index in [4.69, 9.17) is 5.73 Å². The van der Waals surface area contributed by atoms with Crippen LogP contribution < -0.4 is 5.73 Å². The molecule has 0 saturated carbocycles. The standard InChI is InChI=1S/C8H15F3N2O2/c1-2-13(4-3-12)7(14)5-15-6-8(9,10)11/h2-6,12H2,1H3. The number of halogens is 3. The van der Waals surface area contributed by atoms with Gasteiger partial charge in [0.2, 0.25) is 5.91 Å². The summed E-state index contributed by atoms with van der Waals surface area (Å²) in [6.45, 7) is 0.762. The molecule has 1 amide bonds. The highest BCUT2D eigenvalue weighted by Crippen LogP contribution is 2.14. The summed E-state index contributed by atoms with van der Waals surface area (Å²) in [5.74, 6) is -0.479. The number of nitrogens with two attached hydrogens (primary N) is 1. The van der Waals surface area contributed by atoms with Gasteiger partial charge in [-0.3, -0.25) is 4.79 Å². The number of carbonyl (C=O) groups is 1.